The van der Waals surface area contributed by atoms with Gasteiger partial charge in [-0.1, -0.05) is 0 Å². The lowest BCUT2D eigenvalue weighted by Gasteiger charge is -2.17. The van der Waals surface area contributed by atoms with E-state index in [1.54, 1.807) is 14.2 Å². The van der Waals surface area contributed by atoms with Gasteiger partial charge in [-0.25, -0.2) is 0 Å². The molecule has 0 aliphatic heterocycles. The normalized spacial score (nSPS) is 12.3. The highest BCUT2D eigenvalue weighted by Gasteiger charge is 2.21. The van der Waals surface area contributed by atoms with Crippen LogP contribution in [0.4, 0.5) is 0 Å². The molecular weight excluding hydrogens is 254 g/mol. The van der Waals surface area contributed by atoms with E-state index in [9.17, 15) is 0 Å². The Morgan fingerprint density at radius 1 is 1.20 bits per heavy atom. The van der Waals surface area contributed by atoms with Gasteiger partial charge in [0.25, 0.3) is 0 Å². The van der Waals surface area contributed by atoms with Crippen LogP contribution >= 0.6 is 0 Å². The largest absolute Gasteiger partial charge is 0.497 e. The van der Waals surface area contributed by atoms with Crippen molar-refractivity contribution in [3.63, 3.8) is 0 Å². The molecule has 20 heavy (non-hydrogen) atoms. The first-order chi connectivity index (χ1) is 9.49. The van der Waals surface area contributed by atoms with Gasteiger partial charge in [-0.05, 0) is 26.0 Å². The number of aryl methyl sites for hydroxylation is 2. The van der Waals surface area contributed by atoms with Crippen molar-refractivity contribution < 1.29 is 9.47 Å². The molecule has 0 saturated heterocycles. The topological polar surface area (TPSA) is 62.3 Å². The van der Waals surface area contributed by atoms with Crippen LogP contribution in [0.3, 0.4) is 0 Å². The van der Waals surface area contributed by atoms with Crippen LogP contribution in [0.2, 0.25) is 0 Å². The first kappa shape index (κ1) is 14.4. The summed E-state index contributed by atoms with van der Waals surface area (Å²) < 4.78 is 12.5. The summed E-state index contributed by atoms with van der Waals surface area (Å²) in [4.78, 5) is 0. The van der Waals surface area contributed by atoms with Gasteiger partial charge in [-0.15, -0.1) is 0 Å². The summed E-state index contributed by atoms with van der Waals surface area (Å²) in [5.41, 5.74) is 10.4. The minimum absolute atomic E-state index is 0.274. The van der Waals surface area contributed by atoms with Crippen molar-refractivity contribution in [1.82, 2.24) is 9.78 Å². The lowest BCUT2D eigenvalue weighted by molar-refractivity contribution is 0.390. The second-order valence-electron chi connectivity index (χ2n) is 4.79. The summed E-state index contributed by atoms with van der Waals surface area (Å²) in [7, 11) is 5.18. The van der Waals surface area contributed by atoms with Crippen LogP contribution in [-0.2, 0) is 7.05 Å². The highest BCUT2D eigenvalue weighted by atomic mass is 16.5. The summed E-state index contributed by atoms with van der Waals surface area (Å²) in [5, 5.41) is 4.42. The second-order valence-corrected chi connectivity index (χ2v) is 4.79. The number of hydrogen-bond donors (Lipinski definition) is 1. The molecule has 1 aromatic heterocycles. The smallest absolute Gasteiger partial charge is 0.127 e. The summed E-state index contributed by atoms with van der Waals surface area (Å²) in [5.74, 6) is 1.47. The van der Waals surface area contributed by atoms with Crippen molar-refractivity contribution in [3.05, 3.63) is 40.7 Å². The number of nitrogens with two attached hydrogens (primary N) is 1. The van der Waals surface area contributed by atoms with E-state index in [-0.39, 0.29) is 6.04 Å². The Bertz CT molecular complexity index is 620. The average Bonchev–Trinajstić information content (AvgIpc) is 2.70. The average molecular weight is 275 g/mol. The Morgan fingerprint density at radius 2 is 1.90 bits per heavy atom. The molecule has 1 unspecified atom stereocenters. The molecule has 0 radical (unpaired) electrons. The molecule has 2 aromatic rings. The maximum atomic E-state index is 6.43. The van der Waals surface area contributed by atoms with Crippen molar-refractivity contribution >= 4 is 0 Å². The molecule has 5 nitrogen and oxygen atoms in total. The summed E-state index contributed by atoms with van der Waals surface area (Å²) in [6.07, 6.45) is 0. The van der Waals surface area contributed by atoms with E-state index in [0.717, 1.165) is 34.0 Å². The van der Waals surface area contributed by atoms with Crippen LogP contribution in [0.15, 0.2) is 18.2 Å². The van der Waals surface area contributed by atoms with E-state index in [4.69, 9.17) is 15.2 Å². The van der Waals surface area contributed by atoms with Gasteiger partial charge in [0.05, 0.1) is 26.0 Å². The van der Waals surface area contributed by atoms with Crippen LogP contribution < -0.4 is 15.2 Å². The van der Waals surface area contributed by atoms with Crippen LogP contribution in [0.25, 0.3) is 0 Å². The molecule has 1 atom stereocenters. The molecule has 0 amide bonds. The van der Waals surface area contributed by atoms with Crippen molar-refractivity contribution in [2.45, 2.75) is 19.9 Å². The third-order valence-corrected chi connectivity index (χ3v) is 3.65. The Balaban J connectivity index is 2.50. The van der Waals surface area contributed by atoms with Crippen molar-refractivity contribution in [1.29, 1.82) is 0 Å². The third-order valence-electron chi connectivity index (χ3n) is 3.65. The summed E-state index contributed by atoms with van der Waals surface area (Å²) in [6, 6.07) is 5.40. The van der Waals surface area contributed by atoms with Gasteiger partial charge in [-0.2, -0.15) is 5.10 Å². The van der Waals surface area contributed by atoms with Crippen LogP contribution in [0, 0.1) is 13.8 Å². The first-order valence-electron chi connectivity index (χ1n) is 6.47. The highest BCUT2D eigenvalue weighted by molar-refractivity contribution is 5.47. The van der Waals surface area contributed by atoms with Crippen LogP contribution in [-0.4, -0.2) is 24.0 Å². The Kier molecular flexibility index (Phi) is 3.99. The molecule has 0 aliphatic rings. The number of rotatable bonds is 4. The fourth-order valence-corrected chi connectivity index (χ4v) is 2.47. The second kappa shape index (κ2) is 5.54. The molecule has 2 rings (SSSR count). The lowest BCUT2D eigenvalue weighted by Crippen LogP contribution is -2.15. The first-order valence-corrected chi connectivity index (χ1v) is 6.47. The number of aromatic nitrogens is 2. The summed E-state index contributed by atoms with van der Waals surface area (Å²) in [6.45, 7) is 3.99. The van der Waals surface area contributed by atoms with Gasteiger partial charge in [0.1, 0.15) is 11.5 Å². The van der Waals surface area contributed by atoms with Gasteiger partial charge in [-0.3, -0.25) is 4.68 Å². The standard InChI is InChI=1S/C15H21N3O2/c1-9-14(10(2)18(3)17-9)15(16)12-7-6-11(19-4)8-13(12)20-5/h6-8,15H,16H2,1-5H3. The molecule has 0 aliphatic carbocycles. The lowest BCUT2D eigenvalue weighted by atomic mass is 9.97. The van der Waals surface area contributed by atoms with E-state index >= 15 is 0 Å². The molecule has 0 saturated carbocycles. The molecule has 1 aromatic carbocycles. The number of hydrogen-bond acceptors (Lipinski definition) is 4. The van der Waals surface area contributed by atoms with E-state index < -0.39 is 0 Å². The number of methoxy groups -OCH3 is 2. The van der Waals surface area contributed by atoms with E-state index in [0.29, 0.717) is 0 Å². The third kappa shape index (κ3) is 2.36. The minimum atomic E-state index is -0.274. The number of nitrogens with zero attached hydrogens (tertiary/aromatic N) is 2. The molecule has 5 heteroatoms. The maximum Gasteiger partial charge on any atom is 0.127 e. The quantitative estimate of drug-likeness (QED) is 0.928. The molecule has 0 spiro atoms. The molecule has 1 heterocycles. The van der Waals surface area contributed by atoms with Gasteiger partial charge in [0.15, 0.2) is 0 Å². The van der Waals surface area contributed by atoms with Crippen LogP contribution in [0.5, 0.6) is 11.5 Å². The van der Waals surface area contributed by atoms with Gasteiger partial charge in [0.2, 0.25) is 0 Å². The predicted molar refractivity (Wildman–Crippen MR) is 78.3 cm³/mol. The molecule has 0 fully saturated rings. The van der Waals surface area contributed by atoms with Crippen molar-refractivity contribution in [2.24, 2.45) is 12.8 Å². The predicted octanol–water partition coefficient (Wildman–Crippen LogP) is 2.10. The minimum Gasteiger partial charge on any atom is -0.497 e. The SMILES string of the molecule is COc1ccc(C(N)c2c(C)nn(C)c2C)c(OC)c1. The molecule has 2 N–H and O–H groups in total. The molecule has 0 bridgehead atoms. The van der Waals surface area contributed by atoms with Gasteiger partial charge < -0.3 is 15.2 Å². The fourth-order valence-electron chi connectivity index (χ4n) is 2.47. The summed E-state index contributed by atoms with van der Waals surface area (Å²) >= 11 is 0. The molecular formula is C15H21N3O2. The van der Waals surface area contributed by atoms with Crippen LogP contribution in [0.1, 0.15) is 28.6 Å². The highest BCUT2D eigenvalue weighted by Crippen LogP contribution is 2.33. The Hall–Kier alpha value is -2.01. The van der Waals surface area contributed by atoms with Gasteiger partial charge >= 0.3 is 0 Å². The van der Waals surface area contributed by atoms with Crippen molar-refractivity contribution in [3.8, 4) is 11.5 Å². The van der Waals surface area contributed by atoms with E-state index in [2.05, 4.69) is 5.10 Å². The number of benzene rings is 1. The van der Waals surface area contributed by atoms with E-state index in [1.165, 1.54) is 0 Å². The Labute approximate surface area is 119 Å². The maximum absolute atomic E-state index is 6.43. The Morgan fingerprint density at radius 3 is 2.40 bits per heavy atom. The number of ether oxygens (including phenoxy) is 2. The zero-order valence-corrected chi connectivity index (χ0v) is 12.6. The van der Waals surface area contributed by atoms with E-state index in [1.807, 2.05) is 43.8 Å². The molecule has 108 valence electrons. The monoisotopic (exact) mass is 275 g/mol. The zero-order chi connectivity index (χ0) is 14.9. The fraction of sp³-hybridized carbons (Fsp3) is 0.400. The van der Waals surface area contributed by atoms with Crippen molar-refractivity contribution in [2.75, 3.05) is 14.2 Å². The zero-order valence-electron chi connectivity index (χ0n) is 12.6. The van der Waals surface area contributed by atoms with Gasteiger partial charge in [0, 0.05) is 29.9 Å².